The van der Waals surface area contributed by atoms with Gasteiger partial charge in [0.15, 0.2) is 11.5 Å². The van der Waals surface area contributed by atoms with E-state index < -0.39 is 0 Å². The zero-order chi connectivity index (χ0) is 14.4. The van der Waals surface area contributed by atoms with Crippen LogP contribution in [0.2, 0.25) is 5.02 Å². The number of carbonyl (C=O) groups is 1. The normalized spacial score (nSPS) is 10.6. The summed E-state index contributed by atoms with van der Waals surface area (Å²) in [6, 6.07) is 3.49. The molecule has 19 heavy (non-hydrogen) atoms. The zero-order valence-corrected chi connectivity index (χ0v) is 12.3. The minimum Gasteiger partial charge on any atom is -0.493 e. The largest absolute Gasteiger partial charge is 0.493 e. The molecule has 0 aliphatic heterocycles. The summed E-state index contributed by atoms with van der Waals surface area (Å²) in [7, 11) is 4.81. The van der Waals surface area contributed by atoms with Crippen LogP contribution >= 0.6 is 11.6 Å². The van der Waals surface area contributed by atoms with Crippen molar-refractivity contribution in [2.45, 2.75) is 6.92 Å². The van der Waals surface area contributed by atoms with Crippen LogP contribution < -0.4 is 9.47 Å². The summed E-state index contributed by atoms with van der Waals surface area (Å²) in [5, 5.41) is 0.442. The van der Waals surface area contributed by atoms with Gasteiger partial charge in [-0.05, 0) is 30.7 Å². The van der Waals surface area contributed by atoms with Gasteiger partial charge in [0.25, 0.3) is 0 Å². The molecule has 104 valence electrons. The van der Waals surface area contributed by atoms with Crippen molar-refractivity contribution < 1.29 is 14.3 Å². The quantitative estimate of drug-likeness (QED) is 0.780. The molecule has 0 N–H and O–H groups in total. The predicted octanol–water partition coefficient (Wildman–Crippen LogP) is 2.85. The van der Waals surface area contributed by atoms with Crippen LogP contribution in [0.1, 0.15) is 12.5 Å². The van der Waals surface area contributed by atoms with Crippen molar-refractivity contribution in [3.05, 3.63) is 28.8 Å². The number of hydrogen-bond donors (Lipinski definition) is 0. The molecule has 0 heterocycles. The average molecular weight is 284 g/mol. The zero-order valence-electron chi connectivity index (χ0n) is 11.6. The van der Waals surface area contributed by atoms with Crippen molar-refractivity contribution in [3.63, 3.8) is 0 Å². The van der Waals surface area contributed by atoms with Crippen molar-refractivity contribution in [3.8, 4) is 11.5 Å². The average Bonchev–Trinajstić information content (AvgIpc) is 2.42. The van der Waals surface area contributed by atoms with E-state index in [1.54, 1.807) is 30.2 Å². The molecule has 1 rings (SSSR count). The fourth-order valence-corrected chi connectivity index (χ4v) is 1.78. The van der Waals surface area contributed by atoms with Gasteiger partial charge in [-0.3, -0.25) is 4.79 Å². The second-order valence-corrected chi connectivity index (χ2v) is 4.33. The van der Waals surface area contributed by atoms with Gasteiger partial charge in [-0.25, -0.2) is 0 Å². The second kappa shape index (κ2) is 7.04. The first-order chi connectivity index (χ1) is 9.03. The molecule has 0 radical (unpaired) electrons. The molecule has 0 atom stereocenters. The Morgan fingerprint density at radius 2 is 2.05 bits per heavy atom. The number of ether oxygens (including phenoxy) is 2. The van der Waals surface area contributed by atoms with Crippen molar-refractivity contribution in [1.29, 1.82) is 0 Å². The SMILES string of the molecule is CCN(C)C(=O)/C=C/c1cc(Cl)c(OC)c(OC)c1. The highest BCUT2D eigenvalue weighted by molar-refractivity contribution is 6.32. The lowest BCUT2D eigenvalue weighted by molar-refractivity contribution is -0.124. The Labute approximate surface area is 118 Å². The number of hydrogen-bond acceptors (Lipinski definition) is 3. The fourth-order valence-electron chi connectivity index (χ4n) is 1.48. The second-order valence-electron chi connectivity index (χ2n) is 3.92. The van der Waals surface area contributed by atoms with E-state index in [4.69, 9.17) is 21.1 Å². The van der Waals surface area contributed by atoms with Gasteiger partial charge in [-0.2, -0.15) is 0 Å². The summed E-state index contributed by atoms with van der Waals surface area (Å²) < 4.78 is 10.3. The molecule has 1 aromatic carbocycles. The highest BCUT2D eigenvalue weighted by atomic mass is 35.5. The third-order valence-corrected chi connectivity index (χ3v) is 3.01. The summed E-state index contributed by atoms with van der Waals surface area (Å²) in [6.07, 6.45) is 3.20. The van der Waals surface area contributed by atoms with Gasteiger partial charge in [0.2, 0.25) is 5.91 Å². The Hall–Kier alpha value is -1.68. The Morgan fingerprint density at radius 1 is 1.37 bits per heavy atom. The number of benzene rings is 1. The van der Waals surface area contributed by atoms with E-state index in [1.807, 2.05) is 6.92 Å². The maximum atomic E-state index is 11.7. The molecule has 0 aromatic heterocycles. The fraction of sp³-hybridized carbons (Fsp3) is 0.357. The van der Waals surface area contributed by atoms with Crippen LogP contribution in [0.4, 0.5) is 0 Å². The van der Waals surface area contributed by atoms with Crippen LogP contribution in [0.5, 0.6) is 11.5 Å². The van der Waals surface area contributed by atoms with Gasteiger partial charge in [-0.15, -0.1) is 0 Å². The molecule has 0 saturated carbocycles. The van der Waals surface area contributed by atoms with Crippen molar-refractivity contribution in [1.82, 2.24) is 4.90 Å². The third kappa shape index (κ3) is 3.89. The van der Waals surface area contributed by atoms with Crippen molar-refractivity contribution in [2.75, 3.05) is 27.8 Å². The number of halogens is 1. The molecular weight excluding hydrogens is 266 g/mol. The maximum Gasteiger partial charge on any atom is 0.246 e. The molecule has 0 spiro atoms. The lowest BCUT2D eigenvalue weighted by Gasteiger charge is -2.12. The standard InChI is InChI=1S/C14H18ClNO3/c1-5-16(2)13(17)7-6-10-8-11(15)14(19-4)12(9-10)18-3/h6-9H,5H2,1-4H3/b7-6+. The molecule has 0 aliphatic rings. The van der Waals surface area contributed by atoms with E-state index in [0.29, 0.717) is 23.1 Å². The molecule has 1 aromatic rings. The Bertz CT molecular complexity index is 486. The topological polar surface area (TPSA) is 38.8 Å². The number of methoxy groups -OCH3 is 2. The third-order valence-electron chi connectivity index (χ3n) is 2.72. The molecule has 0 saturated heterocycles. The van der Waals surface area contributed by atoms with E-state index >= 15 is 0 Å². The van der Waals surface area contributed by atoms with Gasteiger partial charge in [0, 0.05) is 19.7 Å². The highest BCUT2D eigenvalue weighted by Gasteiger charge is 2.10. The molecule has 4 nitrogen and oxygen atoms in total. The molecule has 0 aliphatic carbocycles. The van der Waals surface area contributed by atoms with Crippen molar-refractivity contribution in [2.24, 2.45) is 0 Å². The van der Waals surface area contributed by atoms with E-state index in [9.17, 15) is 4.79 Å². The number of amides is 1. The minimum absolute atomic E-state index is 0.0617. The number of likely N-dealkylation sites (N-methyl/N-ethyl adjacent to an activating group) is 1. The lowest BCUT2D eigenvalue weighted by Crippen LogP contribution is -2.23. The van der Waals surface area contributed by atoms with Crippen LogP contribution in [0.15, 0.2) is 18.2 Å². The van der Waals surface area contributed by atoms with Crippen LogP contribution in [0, 0.1) is 0 Å². The van der Waals surface area contributed by atoms with Crippen LogP contribution in [-0.2, 0) is 4.79 Å². The first kappa shape index (κ1) is 15.4. The van der Waals surface area contributed by atoms with Gasteiger partial charge < -0.3 is 14.4 Å². The van der Waals surface area contributed by atoms with Crippen LogP contribution in [0.25, 0.3) is 6.08 Å². The van der Waals surface area contributed by atoms with Gasteiger partial charge >= 0.3 is 0 Å². The van der Waals surface area contributed by atoms with Crippen LogP contribution in [0.3, 0.4) is 0 Å². The van der Waals surface area contributed by atoms with E-state index in [0.717, 1.165) is 5.56 Å². The number of rotatable bonds is 5. The molecular formula is C14H18ClNO3. The summed E-state index contributed by atoms with van der Waals surface area (Å²) in [4.78, 5) is 13.3. The lowest BCUT2D eigenvalue weighted by atomic mass is 10.2. The summed E-state index contributed by atoms with van der Waals surface area (Å²) in [5.41, 5.74) is 0.778. The molecule has 1 amide bonds. The first-order valence-electron chi connectivity index (χ1n) is 5.88. The predicted molar refractivity (Wildman–Crippen MR) is 76.9 cm³/mol. The highest BCUT2D eigenvalue weighted by Crippen LogP contribution is 2.36. The van der Waals surface area contributed by atoms with Crippen molar-refractivity contribution >= 4 is 23.6 Å². The Morgan fingerprint density at radius 3 is 2.58 bits per heavy atom. The molecule has 5 heteroatoms. The minimum atomic E-state index is -0.0617. The smallest absolute Gasteiger partial charge is 0.246 e. The Kier molecular flexibility index (Phi) is 5.70. The van der Waals surface area contributed by atoms with E-state index in [1.165, 1.54) is 20.3 Å². The number of carbonyl (C=O) groups excluding carboxylic acids is 1. The Balaban J connectivity index is 3.00. The molecule has 0 bridgehead atoms. The summed E-state index contributed by atoms with van der Waals surface area (Å²) in [5.74, 6) is 0.956. The first-order valence-corrected chi connectivity index (χ1v) is 6.26. The monoisotopic (exact) mass is 283 g/mol. The van der Waals surface area contributed by atoms with E-state index in [2.05, 4.69) is 0 Å². The molecule has 0 fully saturated rings. The maximum absolute atomic E-state index is 11.7. The molecule has 0 unspecified atom stereocenters. The van der Waals surface area contributed by atoms with Crippen LogP contribution in [-0.4, -0.2) is 38.6 Å². The summed E-state index contributed by atoms with van der Waals surface area (Å²) >= 11 is 6.08. The summed E-state index contributed by atoms with van der Waals surface area (Å²) in [6.45, 7) is 2.58. The number of nitrogens with zero attached hydrogens (tertiary/aromatic N) is 1. The van der Waals surface area contributed by atoms with E-state index in [-0.39, 0.29) is 5.91 Å². The van der Waals surface area contributed by atoms with Gasteiger partial charge in [-0.1, -0.05) is 11.6 Å². The van der Waals surface area contributed by atoms with Gasteiger partial charge in [0.1, 0.15) is 0 Å². The van der Waals surface area contributed by atoms with Gasteiger partial charge in [0.05, 0.1) is 19.2 Å².